The summed E-state index contributed by atoms with van der Waals surface area (Å²) in [6.07, 6.45) is 3.27. The smallest absolute Gasteiger partial charge is 0.145 e. The summed E-state index contributed by atoms with van der Waals surface area (Å²) in [7, 11) is 0. The van der Waals surface area contributed by atoms with Crippen LogP contribution in [0.15, 0.2) is 46.6 Å². The van der Waals surface area contributed by atoms with Gasteiger partial charge in [0.05, 0.1) is 12.4 Å². The van der Waals surface area contributed by atoms with Crippen LogP contribution in [0.25, 0.3) is 0 Å². The highest BCUT2D eigenvalue weighted by Crippen LogP contribution is 2.28. The topological polar surface area (TPSA) is 37.8 Å². The van der Waals surface area contributed by atoms with Crippen molar-refractivity contribution in [2.24, 2.45) is 0 Å². The molecular weight excluding hydrogens is 237 g/mol. The lowest BCUT2D eigenvalue weighted by atomic mass is 10.3. The average molecular weight is 249 g/mol. The lowest BCUT2D eigenvalue weighted by molar-refractivity contribution is 0.602. The normalized spacial score (nSPS) is 10.2. The second kappa shape index (κ2) is 5.63. The van der Waals surface area contributed by atoms with Crippen LogP contribution in [0.5, 0.6) is 0 Å². The molecule has 0 aliphatic carbocycles. The van der Waals surface area contributed by atoms with Crippen molar-refractivity contribution in [1.82, 2.24) is 9.97 Å². The highest BCUT2D eigenvalue weighted by atomic mass is 32.2. The van der Waals surface area contributed by atoms with E-state index in [0.29, 0.717) is 15.7 Å². The van der Waals surface area contributed by atoms with Crippen LogP contribution < -0.4 is 5.32 Å². The first-order chi connectivity index (χ1) is 8.29. The Balaban J connectivity index is 2.18. The molecule has 0 atom stereocenters. The summed E-state index contributed by atoms with van der Waals surface area (Å²) in [6, 6.07) is 6.62. The highest BCUT2D eigenvalue weighted by Gasteiger charge is 2.05. The van der Waals surface area contributed by atoms with Crippen molar-refractivity contribution in [2.75, 3.05) is 11.9 Å². The van der Waals surface area contributed by atoms with Gasteiger partial charge in [0, 0.05) is 11.4 Å². The van der Waals surface area contributed by atoms with Gasteiger partial charge >= 0.3 is 0 Å². The molecule has 0 radical (unpaired) electrons. The van der Waals surface area contributed by atoms with Crippen molar-refractivity contribution in [2.45, 2.75) is 16.8 Å². The maximum Gasteiger partial charge on any atom is 0.145 e. The third-order valence-corrected chi connectivity index (χ3v) is 2.98. The Hall–Kier alpha value is -1.62. The summed E-state index contributed by atoms with van der Waals surface area (Å²) in [5, 5.41) is 3.74. The van der Waals surface area contributed by atoms with Gasteiger partial charge in [-0.05, 0) is 19.1 Å². The number of nitrogens with zero attached hydrogens (tertiary/aromatic N) is 2. The first kappa shape index (κ1) is 11.9. The number of anilines is 1. The molecule has 0 spiro atoms. The van der Waals surface area contributed by atoms with Crippen molar-refractivity contribution in [3.05, 3.63) is 42.5 Å². The van der Waals surface area contributed by atoms with Gasteiger partial charge in [0.1, 0.15) is 16.7 Å². The predicted molar refractivity (Wildman–Crippen MR) is 66.7 cm³/mol. The summed E-state index contributed by atoms with van der Waals surface area (Å²) < 4.78 is 13.4. The molecule has 2 rings (SSSR count). The van der Waals surface area contributed by atoms with Gasteiger partial charge in [-0.15, -0.1) is 0 Å². The van der Waals surface area contributed by atoms with Gasteiger partial charge in [-0.1, -0.05) is 23.9 Å². The number of halogens is 1. The molecule has 0 saturated heterocycles. The van der Waals surface area contributed by atoms with Crippen molar-refractivity contribution in [1.29, 1.82) is 0 Å². The molecule has 0 aliphatic heterocycles. The number of rotatable bonds is 4. The molecular formula is C12H12FN3S. The Bertz CT molecular complexity index is 505. The van der Waals surface area contributed by atoms with E-state index < -0.39 is 0 Å². The Morgan fingerprint density at radius 1 is 1.29 bits per heavy atom. The molecule has 1 aromatic heterocycles. The second-order valence-electron chi connectivity index (χ2n) is 3.31. The molecule has 0 amide bonds. The molecule has 2 aromatic rings. The number of hydrogen-bond donors (Lipinski definition) is 1. The summed E-state index contributed by atoms with van der Waals surface area (Å²) in [5.41, 5.74) is 0. The van der Waals surface area contributed by atoms with Crippen LogP contribution in [0.3, 0.4) is 0 Å². The minimum absolute atomic E-state index is 0.242. The van der Waals surface area contributed by atoms with E-state index >= 15 is 0 Å². The molecule has 0 saturated carbocycles. The zero-order chi connectivity index (χ0) is 12.1. The van der Waals surface area contributed by atoms with Crippen molar-refractivity contribution in [3.63, 3.8) is 0 Å². The lowest BCUT2D eigenvalue weighted by Crippen LogP contribution is -2.00. The quantitative estimate of drug-likeness (QED) is 0.903. The number of hydrogen-bond acceptors (Lipinski definition) is 4. The average Bonchev–Trinajstić information content (AvgIpc) is 2.33. The van der Waals surface area contributed by atoms with Crippen LogP contribution in [-0.4, -0.2) is 16.5 Å². The third-order valence-electron chi connectivity index (χ3n) is 2.02. The summed E-state index contributed by atoms with van der Waals surface area (Å²) in [4.78, 5) is 8.93. The van der Waals surface area contributed by atoms with Gasteiger partial charge in [-0.2, -0.15) is 0 Å². The van der Waals surface area contributed by atoms with Gasteiger partial charge in [0.2, 0.25) is 0 Å². The molecule has 3 nitrogen and oxygen atoms in total. The van der Waals surface area contributed by atoms with E-state index in [4.69, 9.17) is 0 Å². The molecule has 88 valence electrons. The zero-order valence-electron chi connectivity index (χ0n) is 9.35. The fourth-order valence-corrected chi connectivity index (χ4v) is 2.10. The van der Waals surface area contributed by atoms with Crippen molar-refractivity contribution in [3.8, 4) is 0 Å². The SMILES string of the molecule is CCNc1cncc(Sc2ccccc2F)n1. The summed E-state index contributed by atoms with van der Waals surface area (Å²) in [6.45, 7) is 2.76. The zero-order valence-corrected chi connectivity index (χ0v) is 10.2. The van der Waals surface area contributed by atoms with Gasteiger partial charge < -0.3 is 5.32 Å². The van der Waals surface area contributed by atoms with Gasteiger partial charge in [-0.3, -0.25) is 4.98 Å². The summed E-state index contributed by atoms with van der Waals surface area (Å²) >= 11 is 1.27. The third kappa shape index (κ3) is 3.17. The molecule has 1 aromatic carbocycles. The van der Waals surface area contributed by atoms with Crippen LogP contribution in [0, 0.1) is 5.82 Å². The fourth-order valence-electron chi connectivity index (χ4n) is 1.30. The van der Waals surface area contributed by atoms with Crippen molar-refractivity contribution >= 4 is 17.6 Å². The van der Waals surface area contributed by atoms with E-state index in [2.05, 4.69) is 15.3 Å². The Morgan fingerprint density at radius 3 is 2.88 bits per heavy atom. The van der Waals surface area contributed by atoms with E-state index in [-0.39, 0.29) is 5.82 Å². The fraction of sp³-hybridized carbons (Fsp3) is 0.167. The van der Waals surface area contributed by atoms with Crippen molar-refractivity contribution < 1.29 is 4.39 Å². The van der Waals surface area contributed by atoms with Crippen LogP contribution >= 0.6 is 11.8 Å². The predicted octanol–water partition coefficient (Wildman–Crippen LogP) is 3.20. The maximum absolute atomic E-state index is 13.4. The van der Waals surface area contributed by atoms with Crippen LogP contribution in [0.4, 0.5) is 10.2 Å². The van der Waals surface area contributed by atoms with E-state index in [1.54, 1.807) is 30.6 Å². The van der Waals surface area contributed by atoms with E-state index in [0.717, 1.165) is 6.54 Å². The monoisotopic (exact) mass is 249 g/mol. The Morgan fingerprint density at radius 2 is 2.12 bits per heavy atom. The van der Waals surface area contributed by atoms with Crippen LogP contribution in [0.1, 0.15) is 6.92 Å². The largest absolute Gasteiger partial charge is 0.369 e. The van der Waals surface area contributed by atoms with Crippen LogP contribution in [0.2, 0.25) is 0 Å². The molecule has 1 N–H and O–H groups in total. The molecule has 0 fully saturated rings. The minimum atomic E-state index is -0.242. The second-order valence-corrected chi connectivity index (χ2v) is 4.37. The summed E-state index contributed by atoms with van der Waals surface area (Å²) in [5.74, 6) is 0.460. The van der Waals surface area contributed by atoms with E-state index in [1.807, 2.05) is 6.92 Å². The molecule has 0 aliphatic rings. The Kier molecular flexibility index (Phi) is 3.93. The molecule has 0 unspecified atom stereocenters. The van der Waals surface area contributed by atoms with Gasteiger partial charge in [-0.25, -0.2) is 9.37 Å². The first-order valence-electron chi connectivity index (χ1n) is 5.28. The highest BCUT2D eigenvalue weighted by molar-refractivity contribution is 7.99. The number of aromatic nitrogens is 2. The maximum atomic E-state index is 13.4. The molecule has 5 heteroatoms. The molecule has 17 heavy (non-hydrogen) atoms. The minimum Gasteiger partial charge on any atom is -0.369 e. The Labute approximate surface area is 103 Å². The van der Waals surface area contributed by atoms with E-state index in [9.17, 15) is 4.39 Å². The first-order valence-corrected chi connectivity index (χ1v) is 6.09. The van der Waals surface area contributed by atoms with E-state index in [1.165, 1.54) is 17.8 Å². The number of nitrogens with one attached hydrogen (secondary N) is 1. The molecule has 0 bridgehead atoms. The van der Waals surface area contributed by atoms with Gasteiger partial charge in [0.25, 0.3) is 0 Å². The molecule has 1 heterocycles. The van der Waals surface area contributed by atoms with Crippen LogP contribution in [-0.2, 0) is 0 Å². The lowest BCUT2D eigenvalue weighted by Gasteiger charge is -2.04. The number of benzene rings is 1. The standard InChI is InChI=1S/C12H12FN3S/c1-2-15-11-7-14-8-12(16-11)17-10-6-4-3-5-9(10)13/h3-8H,2H2,1H3,(H,15,16). The van der Waals surface area contributed by atoms with Gasteiger partial charge in [0.15, 0.2) is 0 Å².